The molecule has 1 aliphatic rings. The molecule has 1 saturated heterocycles. The van der Waals surface area contributed by atoms with Crippen molar-refractivity contribution in [2.24, 2.45) is 0 Å². The molecule has 1 atom stereocenters. The summed E-state index contributed by atoms with van der Waals surface area (Å²) in [5.41, 5.74) is 0.0907. The highest BCUT2D eigenvalue weighted by molar-refractivity contribution is 9.10. The first-order valence-corrected chi connectivity index (χ1v) is 7.09. The fourth-order valence-corrected chi connectivity index (χ4v) is 2.88. The minimum Gasteiger partial charge on any atom is -0.506 e. The molecule has 0 bridgehead atoms. The Kier molecular flexibility index (Phi) is 9.39. The molecular weight excluding hydrogens is 412 g/mol. The van der Waals surface area contributed by atoms with E-state index in [9.17, 15) is 13.9 Å². The molecule has 9 heteroatoms. The van der Waals surface area contributed by atoms with Crippen LogP contribution in [0.4, 0.5) is 8.78 Å². The summed E-state index contributed by atoms with van der Waals surface area (Å²) in [6.07, 6.45) is -2.62. The minimum absolute atomic E-state index is 0. The first-order chi connectivity index (χ1) is 9.02. The standard InChI is InChI=1S/C12H14BrClF2N2O.2ClH/c13-7-1-2-8(14)9(11(7)19)10(12(15)16)18-5-3-17-4-6-18;;/h1-2,10,12,17,19H,3-6H2;2*1H/t10-;;/m0../s1. The lowest BCUT2D eigenvalue weighted by molar-refractivity contribution is 0.0170. The van der Waals surface area contributed by atoms with E-state index in [1.54, 1.807) is 11.0 Å². The number of alkyl halides is 2. The molecule has 0 saturated carbocycles. The van der Waals surface area contributed by atoms with E-state index < -0.39 is 12.5 Å². The van der Waals surface area contributed by atoms with E-state index in [2.05, 4.69) is 21.2 Å². The number of hydrogen-bond donors (Lipinski definition) is 2. The Morgan fingerprint density at radius 2 is 1.81 bits per heavy atom. The summed E-state index contributed by atoms with van der Waals surface area (Å²) in [4.78, 5) is 1.65. The van der Waals surface area contributed by atoms with Gasteiger partial charge in [-0.1, -0.05) is 11.6 Å². The molecule has 0 amide bonds. The van der Waals surface area contributed by atoms with Crippen LogP contribution in [0.5, 0.6) is 5.75 Å². The maximum absolute atomic E-state index is 13.4. The predicted octanol–water partition coefficient (Wildman–Crippen LogP) is 3.86. The molecule has 0 unspecified atom stereocenters. The third kappa shape index (κ3) is 4.81. The maximum atomic E-state index is 13.4. The number of rotatable bonds is 3. The maximum Gasteiger partial charge on any atom is 0.258 e. The highest BCUT2D eigenvalue weighted by atomic mass is 79.9. The number of benzene rings is 1. The molecule has 2 N–H and O–H groups in total. The topological polar surface area (TPSA) is 35.5 Å². The van der Waals surface area contributed by atoms with E-state index in [1.165, 1.54) is 6.07 Å². The zero-order valence-electron chi connectivity index (χ0n) is 10.9. The van der Waals surface area contributed by atoms with Gasteiger partial charge in [-0.05, 0) is 28.1 Å². The number of phenols is 1. The monoisotopic (exact) mass is 426 g/mol. The largest absolute Gasteiger partial charge is 0.506 e. The minimum atomic E-state index is -2.62. The van der Waals surface area contributed by atoms with Crippen molar-refractivity contribution in [1.29, 1.82) is 0 Å². The Morgan fingerprint density at radius 3 is 2.33 bits per heavy atom. The Hall–Kier alpha value is 0.150. The number of nitrogens with zero attached hydrogens (tertiary/aromatic N) is 1. The summed E-state index contributed by atoms with van der Waals surface area (Å²) in [7, 11) is 0. The van der Waals surface area contributed by atoms with Gasteiger partial charge in [0.1, 0.15) is 11.8 Å². The van der Waals surface area contributed by atoms with Crippen LogP contribution in [0.25, 0.3) is 0 Å². The normalized spacial score (nSPS) is 17.0. The second kappa shape index (κ2) is 9.33. The highest BCUT2D eigenvalue weighted by Gasteiger charge is 2.34. The van der Waals surface area contributed by atoms with Crippen LogP contribution in [0.15, 0.2) is 16.6 Å². The van der Waals surface area contributed by atoms with Gasteiger partial charge in [0.25, 0.3) is 6.43 Å². The zero-order valence-corrected chi connectivity index (χ0v) is 14.8. The summed E-state index contributed by atoms with van der Waals surface area (Å²) in [6, 6.07) is 1.87. The lowest BCUT2D eigenvalue weighted by Crippen LogP contribution is -2.47. The van der Waals surface area contributed by atoms with Crippen molar-refractivity contribution in [3.63, 3.8) is 0 Å². The number of aromatic hydroxyl groups is 1. The Bertz CT molecular complexity index is 462. The molecule has 122 valence electrons. The molecule has 0 radical (unpaired) electrons. The van der Waals surface area contributed by atoms with Gasteiger partial charge in [-0.3, -0.25) is 4.90 Å². The molecule has 1 aromatic carbocycles. The molecule has 1 aromatic rings. The molecule has 21 heavy (non-hydrogen) atoms. The molecule has 0 spiro atoms. The van der Waals surface area contributed by atoms with Gasteiger partial charge in [0, 0.05) is 36.8 Å². The van der Waals surface area contributed by atoms with Crippen LogP contribution in [0, 0.1) is 0 Å². The lowest BCUT2D eigenvalue weighted by Gasteiger charge is -2.35. The van der Waals surface area contributed by atoms with E-state index in [1.807, 2.05) is 0 Å². The first-order valence-electron chi connectivity index (χ1n) is 5.92. The van der Waals surface area contributed by atoms with Gasteiger partial charge in [0.05, 0.1) is 4.47 Å². The van der Waals surface area contributed by atoms with Gasteiger partial charge >= 0.3 is 0 Å². The van der Waals surface area contributed by atoms with E-state index in [0.29, 0.717) is 30.7 Å². The molecule has 2 rings (SSSR count). The molecule has 1 aliphatic heterocycles. The zero-order chi connectivity index (χ0) is 14.0. The van der Waals surface area contributed by atoms with Crippen LogP contribution in [0.1, 0.15) is 11.6 Å². The second-order valence-corrected chi connectivity index (χ2v) is 5.62. The van der Waals surface area contributed by atoms with Crippen LogP contribution in [-0.2, 0) is 0 Å². The summed E-state index contributed by atoms with van der Waals surface area (Å²) in [5, 5.41) is 13.3. The van der Waals surface area contributed by atoms with Crippen LogP contribution in [0.3, 0.4) is 0 Å². The van der Waals surface area contributed by atoms with Crippen LogP contribution in [0.2, 0.25) is 5.02 Å². The quantitative estimate of drug-likeness (QED) is 0.768. The van der Waals surface area contributed by atoms with Gasteiger partial charge in [-0.25, -0.2) is 8.78 Å². The number of phenolic OH excluding ortho intramolecular Hbond substituents is 1. The Morgan fingerprint density at radius 1 is 1.24 bits per heavy atom. The Labute approximate surface area is 148 Å². The van der Waals surface area contributed by atoms with Crippen molar-refractivity contribution in [3.8, 4) is 5.75 Å². The van der Waals surface area contributed by atoms with Crippen LogP contribution >= 0.6 is 52.3 Å². The molecule has 1 heterocycles. The first kappa shape index (κ1) is 21.1. The van der Waals surface area contributed by atoms with Gasteiger partial charge in [0.2, 0.25) is 0 Å². The van der Waals surface area contributed by atoms with Gasteiger partial charge < -0.3 is 10.4 Å². The smallest absolute Gasteiger partial charge is 0.258 e. The van der Waals surface area contributed by atoms with Crippen molar-refractivity contribution < 1.29 is 13.9 Å². The average molecular weight is 429 g/mol. The fourth-order valence-electron chi connectivity index (χ4n) is 2.27. The molecule has 1 fully saturated rings. The fraction of sp³-hybridized carbons (Fsp3) is 0.500. The third-order valence-corrected chi connectivity index (χ3v) is 4.16. The number of nitrogens with one attached hydrogen (secondary N) is 1. The van der Waals surface area contributed by atoms with Gasteiger partial charge in [-0.2, -0.15) is 0 Å². The van der Waals surface area contributed by atoms with Crippen LogP contribution < -0.4 is 5.32 Å². The average Bonchev–Trinajstić information content (AvgIpc) is 2.39. The number of hydrogen-bond acceptors (Lipinski definition) is 3. The van der Waals surface area contributed by atoms with Crippen molar-refractivity contribution >= 4 is 52.3 Å². The molecular formula is C12H16BrCl3F2N2O. The number of piperazine rings is 1. The predicted molar refractivity (Wildman–Crippen MR) is 88.5 cm³/mol. The van der Waals surface area contributed by atoms with Crippen LogP contribution in [-0.4, -0.2) is 42.6 Å². The summed E-state index contributed by atoms with van der Waals surface area (Å²) < 4.78 is 27.2. The molecule has 0 aliphatic carbocycles. The van der Waals surface area contributed by atoms with E-state index in [4.69, 9.17) is 11.6 Å². The SMILES string of the molecule is Cl.Cl.Oc1c(Br)ccc(Cl)c1[C@@H](C(F)F)N1CCNCC1. The van der Waals surface area contributed by atoms with E-state index >= 15 is 0 Å². The third-order valence-electron chi connectivity index (χ3n) is 3.19. The van der Waals surface area contributed by atoms with Crippen molar-refractivity contribution in [2.75, 3.05) is 26.2 Å². The number of halogens is 6. The van der Waals surface area contributed by atoms with E-state index in [0.717, 1.165) is 0 Å². The van der Waals surface area contributed by atoms with E-state index in [-0.39, 0.29) is 41.1 Å². The van der Waals surface area contributed by atoms with Crippen molar-refractivity contribution in [2.45, 2.75) is 12.5 Å². The Balaban J connectivity index is 0.00000200. The summed E-state index contributed by atoms with van der Waals surface area (Å²) in [6.45, 7) is 2.29. The molecule has 3 nitrogen and oxygen atoms in total. The summed E-state index contributed by atoms with van der Waals surface area (Å²) in [5.74, 6) is -0.212. The summed E-state index contributed by atoms with van der Waals surface area (Å²) >= 11 is 9.14. The van der Waals surface area contributed by atoms with Gasteiger partial charge in [0.15, 0.2) is 0 Å². The highest BCUT2D eigenvalue weighted by Crippen LogP contribution is 2.42. The molecule has 0 aromatic heterocycles. The van der Waals surface area contributed by atoms with Crippen molar-refractivity contribution in [3.05, 3.63) is 27.2 Å². The van der Waals surface area contributed by atoms with Crippen molar-refractivity contribution in [1.82, 2.24) is 10.2 Å². The lowest BCUT2D eigenvalue weighted by atomic mass is 10.0. The second-order valence-electron chi connectivity index (χ2n) is 4.36. The van der Waals surface area contributed by atoms with Gasteiger partial charge in [-0.15, -0.1) is 24.8 Å².